The molecule has 2 aliphatic rings. The number of hydrogen-bond acceptors (Lipinski definition) is 3. The van der Waals surface area contributed by atoms with Crippen LogP contribution in [-0.2, 0) is 22.4 Å². The Hall–Kier alpha value is -3.58. The van der Waals surface area contributed by atoms with Crippen molar-refractivity contribution >= 4 is 40.5 Å². The molecule has 3 aromatic rings. The summed E-state index contributed by atoms with van der Waals surface area (Å²) in [4.78, 5) is 31.3. The van der Waals surface area contributed by atoms with Gasteiger partial charge in [-0.3, -0.25) is 14.6 Å². The molecule has 1 unspecified atom stereocenters. The molecule has 0 radical (unpaired) electrons. The number of fused-ring (bicyclic) bond motifs is 2. The summed E-state index contributed by atoms with van der Waals surface area (Å²) in [5.74, 6) is -1.46. The van der Waals surface area contributed by atoms with E-state index in [0.29, 0.717) is 34.5 Å². The number of benzodiazepines with no additional fused rings is 1. The van der Waals surface area contributed by atoms with E-state index in [1.165, 1.54) is 30.3 Å². The number of carbonyl (C=O) groups excluding carboxylic acids is 2. The molecule has 2 heterocycles. The molecule has 33 heavy (non-hydrogen) atoms. The lowest BCUT2D eigenvalue weighted by Crippen LogP contribution is -2.28. The fourth-order valence-corrected chi connectivity index (χ4v) is 4.33. The maximum atomic E-state index is 14.4. The van der Waals surface area contributed by atoms with Gasteiger partial charge in [0.1, 0.15) is 17.7 Å². The third-order valence-corrected chi connectivity index (χ3v) is 6.18. The summed E-state index contributed by atoms with van der Waals surface area (Å²) in [7, 11) is 1.69. The van der Waals surface area contributed by atoms with Crippen molar-refractivity contribution < 1.29 is 18.4 Å². The largest absolute Gasteiger partial charge is 0.324 e. The lowest BCUT2D eigenvalue weighted by Gasteiger charge is -2.14. The van der Waals surface area contributed by atoms with E-state index in [9.17, 15) is 18.4 Å². The molecule has 8 heteroatoms. The maximum Gasteiger partial charge on any atom is 0.249 e. The molecular formula is C25H18ClF2N3O2. The molecule has 1 N–H and O–H groups in total. The van der Waals surface area contributed by atoms with Gasteiger partial charge >= 0.3 is 0 Å². The molecule has 0 aromatic heterocycles. The number of halogens is 3. The SMILES string of the molecule is CN1C(=O)Cc2ccc(C3=NC(Cc4ccc(Cl)cc4F)C(=O)Nc4ccc(F)cc43)cc21. The van der Waals surface area contributed by atoms with E-state index in [4.69, 9.17) is 11.6 Å². The zero-order valence-corrected chi connectivity index (χ0v) is 18.3. The summed E-state index contributed by atoms with van der Waals surface area (Å²) in [5, 5.41) is 3.04. The van der Waals surface area contributed by atoms with Gasteiger partial charge in [-0.2, -0.15) is 0 Å². The monoisotopic (exact) mass is 465 g/mol. The molecule has 0 fully saturated rings. The van der Waals surface area contributed by atoms with Crippen LogP contribution in [0.4, 0.5) is 20.2 Å². The lowest BCUT2D eigenvalue weighted by atomic mass is 9.98. The third kappa shape index (κ3) is 3.89. The minimum Gasteiger partial charge on any atom is -0.324 e. The molecule has 2 aliphatic heterocycles. The molecule has 1 atom stereocenters. The topological polar surface area (TPSA) is 61.8 Å². The molecule has 2 amide bonds. The third-order valence-electron chi connectivity index (χ3n) is 5.95. The van der Waals surface area contributed by atoms with E-state index in [1.54, 1.807) is 24.1 Å². The van der Waals surface area contributed by atoms with E-state index in [0.717, 1.165) is 11.3 Å². The van der Waals surface area contributed by atoms with Crippen LogP contribution in [0.3, 0.4) is 0 Å². The standard InChI is InChI=1S/C25H18ClF2N3O2/c1-31-22-9-15(3-2-14(22)10-23(31)32)24-18-12-17(27)6-7-20(18)30-25(33)21(29-24)8-13-4-5-16(26)11-19(13)28/h2-7,9,11-12,21H,8,10H2,1H3,(H,30,33). The van der Waals surface area contributed by atoms with Crippen molar-refractivity contribution in [3.05, 3.63) is 93.5 Å². The summed E-state index contributed by atoms with van der Waals surface area (Å²) in [6.45, 7) is 0. The van der Waals surface area contributed by atoms with Crippen molar-refractivity contribution in [2.75, 3.05) is 17.3 Å². The first kappa shape index (κ1) is 21.3. The van der Waals surface area contributed by atoms with Crippen LogP contribution >= 0.6 is 11.6 Å². The zero-order valence-electron chi connectivity index (χ0n) is 17.5. The number of amides is 2. The molecule has 0 saturated heterocycles. The Morgan fingerprint density at radius 3 is 2.70 bits per heavy atom. The van der Waals surface area contributed by atoms with Crippen molar-refractivity contribution in [3.8, 4) is 0 Å². The predicted octanol–water partition coefficient (Wildman–Crippen LogP) is 4.54. The summed E-state index contributed by atoms with van der Waals surface area (Å²) >= 11 is 5.85. The van der Waals surface area contributed by atoms with Crippen LogP contribution in [0.15, 0.2) is 59.6 Å². The Morgan fingerprint density at radius 1 is 1.09 bits per heavy atom. The molecule has 0 saturated carbocycles. The summed E-state index contributed by atoms with van der Waals surface area (Å²) in [5.41, 5.74) is 3.74. The molecule has 3 aromatic carbocycles. The van der Waals surface area contributed by atoms with Crippen molar-refractivity contribution in [1.82, 2.24) is 0 Å². The smallest absolute Gasteiger partial charge is 0.249 e. The number of nitrogens with one attached hydrogen (secondary N) is 1. The van der Waals surface area contributed by atoms with Crippen LogP contribution in [0.1, 0.15) is 22.3 Å². The normalized spacial score (nSPS) is 17.3. The first-order valence-corrected chi connectivity index (χ1v) is 10.7. The van der Waals surface area contributed by atoms with Crippen molar-refractivity contribution in [1.29, 1.82) is 0 Å². The summed E-state index contributed by atoms with van der Waals surface area (Å²) < 4.78 is 28.6. The van der Waals surface area contributed by atoms with E-state index < -0.39 is 23.6 Å². The second kappa shape index (κ2) is 8.08. The van der Waals surface area contributed by atoms with Crippen LogP contribution < -0.4 is 10.2 Å². The van der Waals surface area contributed by atoms with Crippen LogP contribution in [-0.4, -0.2) is 30.6 Å². The van der Waals surface area contributed by atoms with Gasteiger partial charge in [0.2, 0.25) is 11.8 Å². The van der Waals surface area contributed by atoms with Gasteiger partial charge in [-0.05, 0) is 47.5 Å². The number of likely N-dealkylation sites (N-methyl/N-ethyl adjacent to an activating group) is 1. The van der Waals surface area contributed by atoms with E-state index >= 15 is 0 Å². The van der Waals surface area contributed by atoms with E-state index in [2.05, 4.69) is 10.3 Å². The second-order valence-electron chi connectivity index (χ2n) is 8.09. The Kier molecular flexibility index (Phi) is 5.21. The van der Waals surface area contributed by atoms with Crippen LogP contribution in [0.25, 0.3) is 0 Å². The number of aliphatic imine (C=N–C) groups is 1. The highest BCUT2D eigenvalue weighted by Gasteiger charge is 2.29. The first-order chi connectivity index (χ1) is 15.8. The Labute approximate surface area is 193 Å². The minimum absolute atomic E-state index is 0.00185. The maximum absolute atomic E-state index is 14.4. The quantitative estimate of drug-likeness (QED) is 0.617. The molecule has 5 rings (SSSR count). The number of hydrogen-bond donors (Lipinski definition) is 1. The molecule has 0 bridgehead atoms. The van der Waals surface area contributed by atoms with Crippen molar-refractivity contribution in [2.24, 2.45) is 4.99 Å². The van der Waals surface area contributed by atoms with Gasteiger partial charge in [0.25, 0.3) is 0 Å². The Morgan fingerprint density at radius 2 is 1.91 bits per heavy atom. The van der Waals surface area contributed by atoms with Gasteiger partial charge in [-0.15, -0.1) is 0 Å². The average molecular weight is 466 g/mol. The molecule has 166 valence electrons. The second-order valence-corrected chi connectivity index (χ2v) is 8.52. The zero-order chi connectivity index (χ0) is 23.3. The van der Waals surface area contributed by atoms with Crippen LogP contribution in [0, 0.1) is 11.6 Å². The van der Waals surface area contributed by atoms with Gasteiger partial charge < -0.3 is 10.2 Å². The van der Waals surface area contributed by atoms with Gasteiger partial charge in [0, 0.05) is 35.3 Å². The summed E-state index contributed by atoms with van der Waals surface area (Å²) in [6.07, 6.45) is 0.306. The molecule has 0 aliphatic carbocycles. The minimum atomic E-state index is -0.959. The average Bonchev–Trinajstić information content (AvgIpc) is 2.98. The number of anilines is 2. The van der Waals surface area contributed by atoms with Gasteiger partial charge in [0.15, 0.2) is 0 Å². The van der Waals surface area contributed by atoms with E-state index in [-0.39, 0.29) is 17.4 Å². The fraction of sp³-hybridized carbons (Fsp3) is 0.160. The van der Waals surface area contributed by atoms with Gasteiger partial charge in [-0.25, -0.2) is 8.78 Å². The summed E-state index contributed by atoms with van der Waals surface area (Å²) in [6, 6.07) is 12.8. The van der Waals surface area contributed by atoms with Gasteiger partial charge in [-0.1, -0.05) is 29.8 Å². The Balaban J connectivity index is 1.64. The highest BCUT2D eigenvalue weighted by Crippen LogP contribution is 2.32. The van der Waals surface area contributed by atoms with Crippen molar-refractivity contribution in [3.63, 3.8) is 0 Å². The highest BCUT2D eigenvalue weighted by atomic mass is 35.5. The molecular weight excluding hydrogens is 448 g/mol. The van der Waals surface area contributed by atoms with Crippen LogP contribution in [0.2, 0.25) is 5.02 Å². The fourth-order valence-electron chi connectivity index (χ4n) is 4.17. The predicted molar refractivity (Wildman–Crippen MR) is 123 cm³/mol. The van der Waals surface area contributed by atoms with Gasteiger partial charge in [0.05, 0.1) is 17.8 Å². The number of nitrogens with zero attached hydrogens (tertiary/aromatic N) is 2. The molecule has 5 nitrogen and oxygen atoms in total. The Bertz CT molecular complexity index is 1360. The van der Waals surface area contributed by atoms with Crippen LogP contribution in [0.5, 0.6) is 0 Å². The molecule has 0 spiro atoms. The van der Waals surface area contributed by atoms with E-state index in [1.807, 2.05) is 12.1 Å². The lowest BCUT2D eigenvalue weighted by molar-refractivity contribution is -0.118. The number of rotatable bonds is 3. The number of benzene rings is 3. The highest BCUT2D eigenvalue weighted by molar-refractivity contribution is 6.30. The first-order valence-electron chi connectivity index (χ1n) is 10.3. The number of carbonyl (C=O) groups is 2. The van der Waals surface area contributed by atoms with Crippen molar-refractivity contribution in [2.45, 2.75) is 18.9 Å².